The van der Waals surface area contributed by atoms with Crippen LogP contribution < -0.4 is 0 Å². The first-order chi connectivity index (χ1) is 12.9. The number of alkyl halides is 1. The van der Waals surface area contributed by atoms with Gasteiger partial charge in [-0.05, 0) is 36.1 Å². The molecule has 1 aliphatic carbocycles. The second-order valence-corrected chi connectivity index (χ2v) is 8.33. The Morgan fingerprint density at radius 1 is 1.21 bits per heavy atom. The third-order valence-corrected chi connectivity index (χ3v) is 4.72. The van der Waals surface area contributed by atoms with Gasteiger partial charge < -0.3 is 10.2 Å². The summed E-state index contributed by atoms with van der Waals surface area (Å²) in [4.78, 5) is 20.7. The monoisotopic (exact) mass is 407 g/mol. The number of aliphatic hydroxyl groups is 1. The molecule has 1 aliphatic rings. The van der Waals surface area contributed by atoms with Gasteiger partial charge >= 0.3 is 11.7 Å². The van der Waals surface area contributed by atoms with Gasteiger partial charge in [-0.25, -0.2) is 0 Å². The van der Waals surface area contributed by atoms with Crippen LogP contribution in [-0.2, 0) is 4.79 Å². The molecule has 1 aromatic carbocycles. The number of carbonyl (C=O) groups is 1. The average Bonchev–Trinajstić information content (AvgIpc) is 2.60. The second-order valence-electron chi connectivity index (χ2n) is 7.62. The smallest absolute Gasteiger partial charge is 0.390 e. The Labute approximate surface area is 167 Å². The van der Waals surface area contributed by atoms with Crippen LogP contribution in [0.3, 0.4) is 0 Å². The predicted octanol–water partition coefficient (Wildman–Crippen LogP) is 4.45. The van der Waals surface area contributed by atoms with Gasteiger partial charge in [-0.1, -0.05) is 39.0 Å². The van der Waals surface area contributed by atoms with Crippen LogP contribution in [0.5, 0.6) is 0 Å². The van der Waals surface area contributed by atoms with Crippen molar-refractivity contribution in [1.82, 2.24) is 0 Å². The van der Waals surface area contributed by atoms with Crippen LogP contribution in [0.15, 0.2) is 64.0 Å². The molecule has 2 atom stereocenters. The lowest BCUT2D eigenvalue weighted by atomic mass is 9.73. The number of aliphatic carboxylic acids is 1. The molecule has 0 radical (unpaired) electrons. The lowest BCUT2D eigenvalue weighted by Crippen LogP contribution is -2.49. The van der Waals surface area contributed by atoms with E-state index in [1.807, 2.05) is 0 Å². The van der Waals surface area contributed by atoms with E-state index in [0.29, 0.717) is 5.69 Å². The van der Waals surface area contributed by atoms with Gasteiger partial charge in [-0.2, -0.15) is 5.11 Å². The molecular formula is C19H22ClN3O5. The van der Waals surface area contributed by atoms with E-state index < -0.39 is 26.9 Å². The van der Waals surface area contributed by atoms with E-state index in [-0.39, 0.29) is 24.1 Å². The van der Waals surface area contributed by atoms with E-state index in [9.17, 15) is 20.0 Å². The van der Waals surface area contributed by atoms with Crippen molar-refractivity contribution in [3.8, 4) is 0 Å². The molecule has 2 unspecified atom stereocenters. The Morgan fingerprint density at radius 2 is 1.82 bits per heavy atom. The Balaban J connectivity index is 2.61. The van der Waals surface area contributed by atoms with Crippen molar-refractivity contribution in [3.05, 3.63) is 63.9 Å². The summed E-state index contributed by atoms with van der Waals surface area (Å²) in [5.74, 6) is -1.05. The molecule has 8 nitrogen and oxygen atoms in total. The minimum atomic E-state index is -2.63. The summed E-state index contributed by atoms with van der Waals surface area (Å²) < 4.78 is 0. The summed E-state index contributed by atoms with van der Waals surface area (Å²) >= 11 is 6.58. The van der Waals surface area contributed by atoms with Crippen molar-refractivity contribution in [3.63, 3.8) is 0 Å². The Hall–Kier alpha value is -2.58. The number of nitrogens with zero attached hydrogens (tertiary/aromatic N) is 3. The van der Waals surface area contributed by atoms with Gasteiger partial charge in [0, 0.05) is 12.0 Å². The zero-order valence-corrected chi connectivity index (χ0v) is 16.6. The highest BCUT2D eigenvalue weighted by Gasteiger charge is 2.57. The van der Waals surface area contributed by atoms with E-state index in [2.05, 4.69) is 10.2 Å². The minimum Gasteiger partial charge on any atom is -0.481 e. The number of carboxylic acids is 1. The highest BCUT2D eigenvalue weighted by Crippen LogP contribution is 2.47. The number of carboxylic acid groups (broad SMARTS) is 1. The summed E-state index contributed by atoms with van der Waals surface area (Å²) in [7, 11) is 0. The fourth-order valence-electron chi connectivity index (χ4n) is 2.93. The molecule has 0 spiro atoms. The Bertz CT molecular complexity index is 860. The molecule has 1 aromatic rings. The molecule has 0 amide bonds. The standard InChI is InChI=1S/C19H22ClN3O5/c1-17(2,3)14-11-18(20,10-9-16(24)25)12-15(19(14,26)23(27)28)22-21-13-7-5-4-6-8-13/h4-8,11-12,26H,9-10H2,1-3H3,(H,24,25). The summed E-state index contributed by atoms with van der Waals surface area (Å²) in [6, 6.07) is 8.53. The van der Waals surface area contributed by atoms with E-state index in [1.165, 1.54) is 12.2 Å². The highest BCUT2D eigenvalue weighted by atomic mass is 35.5. The fourth-order valence-corrected chi connectivity index (χ4v) is 3.23. The van der Waals surface area contributed by atoms with Crippen molar-refractivity contribution in [1.29, 1.82) is 0 Å². The van der Waals surface area contributed by atoms with Crippen molar-refractivity contribution in [2.75, 3.05) is 0 Å². The first kappa shape index (κ1) is 21.7. The molecule has 0 heterocycles. The number of allylic oxidation sites excluding steroid dienone is 2. The molecule has 0 fully saturated rings. The van der Waals surface area contributed by atoms with Crippen molar-refractivity contribution in [2.45, 2.75) is 44.2 Å². The van der Waals surface area contributed by atoms with Crippen LogP contribution in [0.2, 0.25) is 0 Å². The van der Waals surface area contributed by atoms with Gasteiger partial charge in [0.1, 0.15) is 0 Å². The van der Waals surface area contributed by atoms with Crippen LogP contribution in [-0.4, -0.2) is 31.7 Å². The molecule has 9 heteroatoms. The van der Waals surface area contributed by atoms with E-state index >= 15 is 0 Å². The van der Waals surface area contributed by atoms with Crippen LogP contribution in [0.1, 0.15) is 33.6 Å². The van der Waals surface area contributed by atoms with Gasteiger partial charge in [0.2, 0.25) is 0 Å². The minimum absolute atomic E-state index is 0.0231. The summed E-state index contributed by atoms with van der Waals surface area (Å²) in [5, 5.41) is 39.8. The van der Waals surface area contributed by atoms with Crippen LogP contribution >= 0.6 is 11.6 Å². The first-order valence-electron chi connectivity index (χ1n) is 8.60. The molecule has 0 aromatic heterocycles. The molecular weight excluding hydrogens is 386 g/mol. The van der Waals surface area contributed by atoms with Gasteiger partial charge in [0.05, 0.1) is 15.5 Å². The zero-order valence-electron chi connectivity index (χ0n) is 15.8. The SMILES string of the molecule is CC(C)(C)C1=CC(Cl)(CCC(=O)O)C=C(N=Nc2ccccc2)C1(O)[N+](=O)[O-]. The largest absolute Gasteiger partial charge is 0.481 e. The molecule has 28 heavy (non-hydrogen) atoms. The number of hydrogen-bond donors (Lipinski definition) is 2. The summed E-state index contributed by atoms with van der Waals surface area (Å²) in [5.41, 5.74) is -3.36. The van der Waals surface area contributed by atoms with Crippen molar-refractivity contribution >= 4 is 23.3 Å². The normalized spacial score (nSPS) is 25.3. The molecule has 0 bridgehead atoms. The Kier molecular flexibility index (Phi) is 6.06. The third-order valence-electron chi connectivity index (χ3n) is 4.32. The number of azo groups is 1. The van der Waals surface area contributed by atoms with Crippen LogP contribution in [0.4, 0.5) is 5.69 Å². The number of hydrogen-bond acceptors (Lipinski definition) is 6. The van der Waals surface area contributed by atoms with Gasteiger partial charge in [0.15, 0.2) is 5.70 Å². The quantitative estimate of drug-likeness (QED) is 0.180. The average molecular weight is 408 g/mol. The molecule has 0 aliphatic heterocycles. The number of nitro groups is 1. The van der Waals surface area contributed by atoms with Crippen molar-refractivity contribution < 1.29 is 19.9 Å². The zero-order chi connectivity index (χ0) is 21.2. The lowest BCUT2D eigenvalue weighted by molar-refractivity contribution is -0.600. The molecule has 2 rings (SSSR count). The topological polar surface area (TPSA) is 125 Å². The molecule has 2 N–H and O–H groups in total. The summed E-state index contributed by atoms with van der Waals surface area (Å²) in [6.07, 6.45) is 2.29. The van der Waals surface area contributed by atoms with Gasteiger partial charge in [-0.3, -0.25) is 14.9 Å². The second kappa shape index (κ2) is 7.81. The van der Waals surface area contributed by atoms with E-state index in [1.54, 1.807) is 51.1 Å². The maximum Gasteiger partial charge on any atom is 0.390 e. The third kappa shape index (κ3) is 4.63. The molecule has 150 valence electrons. The number of benzene rings is 1. The molecule has 0 saturated carbocycles. The van der Waals surface area contributed by atoms with E-state index in [4.69, 9.17) is 16.7 Å². The van der Waals surface area contributed by atoms with Gasteiger partial charge in [0.25, 0.3) is 0 Å². The maximum absolute atomic E-state index is 11.9. The van der Waals surface area contributed by atoms with Crippen LogP contribution in [0, 0.1) is 15.5 Å². The lowest BCUT2D eigenvalue weighted by Gasteiger charge is -2.37. The van der Waals surface area contributed by atoms with E-state index in [0.717, 1.165) is 0 Å². The predicted molar refractivity (Wildman–Crippen MR) is 104 cm³/mol. The van der Waals surface area contributed by atoms with Crippen molar-refractivity contribution in [2.24, 2.45) is 15.6 Å². The van der Waals surface area contributed by atoms with Gasteiger partial charge in [-0.15, -0.1) is 16.7 Å². The first-order valence-corrected chi connectivity index (χ1v) is 8.98. The summed E-state index contributed by atoms with van der Waals surface area (Å²) in [6.45, 7) is 5.08. The number of rotatable bonds is 6. The number of halogens is 1. The fraction of sp³-hybridized carbons (Fsp3) is 0.421. The maximum atomic E-state index is 11.9. The molecule has 0 saturated heterocycles. The Morgan fingerprint density at radius 3 is 2.32 bits per heavy atom. The highest BCUT2D eigenvalue weighted by molar-refractivity contribution is 6.27. The van der Waals surface area contributed by atoms with Crippen LogP contribution in [0.25, 0.3) is 0 Å².